The third kappa shape index (κ3) is 7.19. The third-order valence-corrected chi connectivity index (χ3v) is 4.19. The van der Waals surface area contributed by atoms with Gasteiger partial charge in [0.2, 0.25) is 0 Å². The third-order valence-electron chi connectivity index (χ3n) is 2.98. The summed E-state index contributed by atoms with van der Waals surface area (Å²) < 4.78 is 41.0. The van der Waals surface area contributed by atoms with Crippen molar-refractivity contribution in [1.82, 2.24) is 10.9 Å². The summed E-state index contributed by atoms with van der Waals surface area (Å²) in [7, 11) is 0. The van der Waals surface area contributed by atoms with Crippen LogP contribution in [0.1, 0.15) is 5.56 Å². The predicted octanol–water partition coefficient (Wildman–Crippen LogP) is 4.34. The van der Waals surface area contributed by atoms with Crippen LogP contribution in [0.5, 0.6) is 11.5 Å². The van der Waals surface area contributed by atoms with E-state index >= 15 is 0 Å². The number of ether oxygens (including phenoxy) is 1. The van der Waals surface area contributed by atoms with Crippen molar-refractivity contribution in [3.63, 3.8) is 0 Å². The zero-order valence-corrected chi connectivity index (χ0v) is 16.5. The van der Waals surface area contributed by atoms with Crippen molar-refractivity contribution in [1.29, 1.82) is 0 Å². The lowest BCUT2D eigenvalue weighted by Crippen LogP contribution is -2.37. The fourth-order valence-corrected chi connectivity index (χ4v) is 3.13. The van der Waals surface area contributed by atoms with Gasteiger partial charge in [0, 0.05) is 6.54 Å². The topological polar surface area (TPSA) is 83.0 Å². The highest BCUT2D eigenvalue weighted by atomic mass is 79.9. The predicted molar refractivity (Wildman–Crippen MR) is 99.8 cm³/mol. The summed E-state index contributed by atoms with van der Waals surface area (Å²) in [5.74, 6) is -0.858. The number of alkyl halides is 3. The number of carbonyl (C=O) groups excluding carboxylic acids is 1. The van der Waals surface area contributed by atoms with Gasteiger partial charge >= 0.3 is 6.36 Å². The van der Waals surface area contributed by atoms with E-state index in [0.29, 0.717) is 8.95 Å². The average Bonchev–Trinajstić information content (AvgIpc) is 2.57. The Morgan fingerprint density at radius 3 is 2.33 bits per heavy atom. The molecule has 0 aromatic heterocycles. The van der Waals surface area contributed by atoms with Crippen LogP contribution in [0.15, 0.2) is 50.3 Å². The van der Waals surface area contributed by atoms with Gasteiger partial charge in [-0.2, -0.15) is 0 Å². The number of carbonyl (C=O) groups is 1. The molecule has 6 nitrogen and oxygen atoms in total. The van der Waals surface area contributed by atoms with E-state index in [2.05, 4.69) is 52.4 Å². The molecule has 2 aromatic carbocycles. The molecule has 0 fully saturated rings. The Balaban J connectivity index is 1.83. The number of phenolic OH excluding ortho intramolecular Hbond substituents is 1. The van der Waals surface area contributed by atoms with Crippen molar-refractivity contribution < 1.29 is 27.8 Å². The summed E-state index contributed by atoms with van der Waals surface area (Å²) in [5, 5.41) is 9.63. The first kappa shape index (κ1) is 21.2. The van der Waals surface area contributed by atoms with Gasteiger partial charge in [0.05, 0.1) is 20.8 Å². The summed E-state index contributed by atoms with van der Waals surface area (Å²) in [5.41, 5.74) is 6.14. The minimum Gasteiger partial charge on any atom is -0.506 e. The Morgan fingerprint density at radius 2 is 1.78 bits per heavy atom. The summed E-state index contributed by atoms with van der Waals surface area (Å²) in [4.78, 5) is 15.5. The lowest BCUT2D eigenvalue weighted by Gasteiger charge is -2.08. The van der Waals surface area contributed by atoms with Crippen LogP contribution in [0.3, 0.4) is 0 Å². The molecule has 0 aliphatic carbocycles. The standard InChI is InChI=1S/C16H12Br2F3N3O3/c17-12-5-9(6-13(18)15(12)26)7-23-24-14(25)8-22-10-1-3-11(4-2-10)27-16(19,20)21/h1-6,8,23,26H,7H2,(H,24,25). The molecule has 0 aliphatic heterocycles. The van der Waals surface area contributed by atoms with Gasteiger partial charge in [0.25, 0.3) is 5.91 Å². The zero-order valence-electron chi connectivity index (χ0n) is 13.3. The fourth-order valence-electron chi connectivity index (χ4n) is 1.85. The van der Waals surface area contributed by atoms with Crippen molar-refractivity contribution in [2.75, 3.05) is 0 Å². The first-order chi connectivity index (χ1) is 12.6. The van der Waals surface area contributed by atoms with E-state index in [0.717, 1.165) is 23.9 Å². The smallest absolute Gasteiger partial charge is 0.506 e. The average molecular weight is 511 g/mol. The van der Waals surface area contributed by atoms with Crippen LogP contribution < -0.4 is 15.6 Å². The number of nitrogens with zero attached hydrogens (tertiary/aromatic N) is 1. The number of nitrogens with one attached hydrogen (secondary N) is 2. The van der Waals surface area contributed by atoms with Crippen molar-refractivity contribution >= 4 is 49.7 Å². The summed E-state index contributed by atoms with van der Waals surface area (Å²) >= 11 is 6.40. The van der Waals surface area contributed by atoms with Crippen LogP contribution in [0, 0.1) is 0 Å². The Kier molecular flexibility index (Phi) is 7.22. The Bertz CT molecular complexity index is 820. The van der Waals surface area contributed by atoms with Crippen LogP contribution >= 0.6 is 31.9 Å². The molecule has 2 aromatic rings. The summed E-state index contributed by atoms with van der Waals surface area (Å²) in [6.07, 6.45) is -3.78. The molecule has 0 radical (unpaired) electrons. The molecule has 0 saturated carbocycles. The van der Waals surface area contributed by atoms with Crippen LogP contribution in [0.4, 0.5) is 18.9 Å². The number of hydrazine groups is 1. The Labute approximate surface area is 168 Å². The Hall–Kier alpha value is -2.11. The second-order valence-corrected chi connectivity index (χ2v) is 6.76. The van der Waals surface area contributed by atoms with Gasteiger partial charge in [-0.1, -0.05) is 0 Å². The maximum Gasteiger partial charge on any atom is 0.573 e. The fraction of sp³-hybridized carbons (Fsp3) is 0.125. The lowest BCUT2D eigenvalue weighted by atomic mass is 10.2. The van der Waals surface area contributed by atoms with Gasteiger partial charge in [-0.25, -0.2) is 5.43 Å². The second-order valence-electron chi connectivity index (χ2n) is 5.05. The van der Waals surface area contributed by atoms with Gasteiger partial charge in [-0.3, -0.25) is 15.2 Å². The minimum atomic E-state index is -4.76. The minimum absolute atomic E-state index is 0.0709. The van der Waals surface area contributed by atoms with E-state index < -0.39 is 12.3 Å². The highest BCUT2D eigenvalue weighted by Crippen LogP contribution is 2.33. The first-order valence-corrected chi connectivity index (χ1v) is 8.82. The number of rotatable bonds is 6. The molecule has 0 saturated heterocycles. The molecule has 2 rings (SSSR count). The van der Waals surface area contributed by atoms with Gasteiger partial charge < -0.3 is 9.84 Å². The van der Waals surface area contributed by atoms with Crippen LogP contribution in [-0.4, -0.2) is 23.6 Å². The number of halogens is 5. The zero-order chi connectivity index (χ0) is 20.0. The molecular formula is C16H12Br2F3N3O3. The summed E-state index contributed by atoms with van der Waals surface area (Å²) in [6, 6.07) is 8.11. The van der Waals surface area contributed by atoms with Gasteiger partial charge in [-0.05, 0) is 73.8 Å². The van der Waals surface area contributed by atoms with Crippen LogP contribution in [-0.2, 0) is 11.3 Å². The maximum atomic E-state index is 12.1. The molecule has 0 atom stereocenters. The SMILES string of the molecule is O=C(C=Nc1ccc(OC(F)(F)F)cc1)NNCc1cc(Br)c(O)c(Br)c1. The maximum absolute atomic E-state index is 12.1. The molecule has 27 heavy (non-hydrogen) atoms. The van der Waals surface area contributed by atoms with Crippen LogP contribution in [0.25, 0.3) is 0 Å². The summed E-state index contributed by atoms with van der Waals surface area (Å²) in [6.45, 7) is 0.278. The van der Waals surface area contributed by atoms with Crippen molar-refractivity contribution in [3.05, 3.63) is 50.9 Å². The van der Waals surface area contributed by atoms with E-state index in [-0.39, 0.29) is 23.7 Å². The highest BCUT2D eigenvalue weighted by Gasteiger charge is 2.30. The molecule has 144 valence electrons. The van der Waals surface area contributed by atoms with E-state index in [9.17, 15) is 23.1 Å². The van der Waals surface area contributed by atoms with E-state index in [1.54, 1.807) is 12.1 Å². The molecule has 1 amide bonds. The van der Waals surface area contributed by atoms with Crippen molar-refractivity contribution in [2.24, 2.45) is 4.99 Å². The van der Waals surface area contributed by atoms with Crippen molar-refractivity contribution in [2.45, 2.75) is 12.9 Å². The number of aliphatic imine (C=N–C) groups is 1. The molecule has 0 bridgehead atoms. The number of aromatic hydroxyl groups is 1. The molecule has 3 N–H and O–H groups in total. The number of benzene rings is 2. The van der Waals surface area contributed by atoms with Crippen molar-refractivity contribution in [3.8, 4) is 11.5 Å². The number of hydrogen-bond acceptors (Lipinski definition) is 5. The number of hydrogen-bond donors (Lipinski definition) is 3. The lowest BCUT2D eigenvalue weighted by molar-refractivity contribution is -0.274. The van der Waals surface area contributed by atoms with Gasteiger partial charge in [0.1, 0.15) is 11.5 Å². The number of phenols is 1. The van der Waals surface area contributed by atoms with Gasteiger partial charge in [0.15, 0.2) is 0 Å². The first-order valence-electron chi connectivity index (χ1n) is 7.23. The largest absolute Gasteiger partial charge is 0.573 e. The van der Waals surface area contributed by atoms with Crippen LogP contribution in [0.2, 0.25) is 0 Å². The normalized spacial score (nSPS) is 11.6. The highest BCUT2D eigenvalue weighted by molar-refractivity contribution is 9.11. The molecular weight excluding hydrogens is 499 g/mol. The molecule has 11 heteroatoms. The molecule has 0 aliphatic rings. The van der Waals surface area contributed by atoms with Gasteiger partial charge in [-0.15, -0.1) is 13.2 Å². The van der Waals surface area contributed by atoms with E-state index in [1.165, 1.54) is 12.1 Å². The molecule has 0 spiro atoms. The molecule has 0 heterocycles. The number of amides is 1. The quantitative estimate of drug-likeness (QED) is 0.399. The molecule has 0 unspecified atom stereocenters. The monoisotopic (exact) mass is 509 g/mol. The Morgan fingerprint density at radius 1 is 1.19 bits per heavy atom. The van der Waals surface area contributed by atoms with E-state index in [4.69, 9.17) is 0 Å². The van der Waals surface area contributed by atoms with E-state index in [1.807, 2.05) is 0 Å². The second kappa shape index (κ2) is 9.20.